The fraction of sp³-hybridized carbons (Fsp3) is 1.00. The number of alkyl halides is 3. The second kappa shape index (κ2) is 4.75. The van der Waals surface area contributed by atoms with Crippen molar-refractivity contribution in [3.63, 3.8) is 0 Å². The van der Waals surface area contributed by atoms with E-state index in [4.69, 9.17) is 4.55 Å². The van der Waals surface area contributed by atoms with Crippen molar-refractivity contribution in [3.05, 3.63) is 0 Å². The Labute approximate surface area is 69.7 Å². The number of rotatable bonds is 4. The average molecular weight is 207 g/mol. The van der Waals surface area contributed by atoms with E-state index in [1.165, 1.54) is 0 Å². The van der Waals surface area contributed by atoms with Crippen LogP contribution in [-0.2, 0) is 16.1 Å². The Morgan fingerprint density at radius 3 is 2.33 bits per heavy atom. The fourth-order valence-corrected chi connectivity index (χ4v) is 0.941. The van der Waals surface area contributed by atoms with Gasteiger partial charge in [-0.1, -0.05) is 11.4 Å². The second-order valence-electron chi connectivity index (χ2n) is 1.82. The van der Waals surface area contributed by atoms with Crippen molar-refractivity contribution in [2.75, 3.05) is 6.54 Å². The van der Waals surface area contributed by atoms with Crippen molar-refractivity contribution in [2.45, 2.75) is 19.7 Å². The molecule has 0 aliphatic carbocycles. The molecule has 0 spiro atoms. The summed E-state index contributed by atoms with van der Waals surface area (Å²) in [5.74, 6) is 0. The summed E-state index contributed by atoms with van der Waals surface area (Å²) in [6, 6.07) is 0. The minimum atomic E-state index is -4.92. The Bertz CT molecular complexity index is 162. The largest absolute Gasteiger partial charge is 0.540 e. The number of hydrogen-bond acceptors (Lipinski definition) is 2. The van der Waals surface area contributed by atoms with Crippen LogP contribution in [-0.4, -0.2) is 26.1 Å². The third kappa shape index (κ3) is 5.47. The molecule has 0 fully saturated rings. The lowest BCUT2D eigenvalue weighted by molar-refractivity contribution is -0.389. The summed E-state index contributed by atoms with van der Waals surface area (Å²) in [5.41, 5.74) is 0. The molecule has 0 aliphatic heterocycles. The molecule has 0 bridgehead atoms. The van der Waals surface area contributed by atoms with Gasteiger partial charge in [0.05, 0.1) is 0 Å². The molecular weight excluding hydrogens is 199 g/mol. The van der Waals surface area contributed by atoms with E-state index in [0.717, 1.165) is 0 Å². The summed E-state index contributed by atoms with van der Waals surface area (Å²) in [6.45, 7) is 1.29. The van der Waals surface area contributed by atoms with Crippen LogP contribution in [0.1, 0.15) is 13.3 Å². The van der Waals surface area contributed by atoms with E-state index in [1.54, 1.807) is 6.92 Å². The topological polar surface area (TPSA) is 49.8 Å². The molecule has 8 heteroatoms. The molecule has 0 rings (SSSR count). The quantitative estimate of drug-likeness (QED) is 0.558. The van der Waals surface area contributed by atoms with Crippen molar-refractivity contribution in [2.24, 2.45) is 0 Å². The third-order valence-electron chi connectivity index (χ3n) is 0.786. The predicted molar refractivity (Wildman–Crippen MR) is 34.9 cm³/mol. The van der Waals surface area contributed by atoms with E-state index >= 15 is 0 Å². The van der Waals surface area contributed by atoms with E-state index in [1.807, 2.05) is 0 Å². The molecule has 0 radical (unpaired) electrons. The van der Waals surface area contributed by atoms with Crippen molar-refractivity contribution >= 4 is 11.3 Å². The van der Waals surface area contributed by atoms with Gasteiger partial charge in [0.25, 0.3) is 11.3 Å². The Morgan fingerprint density at radius 1 is 1.58 bits per heavy atom. The first-order valence-electron chi connectivity index (χ1n) is 3.01. The summed E-state index contributed by atoms with van der Waals surface area (Å²) < 4.78 is 52.9. The first kappa shape index (κ1) is 11.8. The van der Waals surface area contributed by atoms with Crippen LogP contribution >= 0.6 is 0 Å². The maximum absolute atomic E-state index is 11.5. The van der Waals surface area contributed by atoms with Gasteiger partial charge in [-0.3, -0.25) is 4.55 Å². The molecule has 1 unspecified atom stereocenters. The molecule has 0 amide bonds. The van der Waals surface area contributed by atoms with Crippen LogP contribution in [0.25, 0.3) is 0 Å². The lowest BCUT2D eigenvalue weighted by Gasteiger charge is -2.17. The van der Waals surface area contributed by atoms with Gasteiger partial charge in [0, 0.05) is 6.54 Å². The third-order valence-corrected chi connectivity index (χ3v) is 1.39. The van der Waals surface area contributed by atoms with Gasteiger partial charge in [0.1, 0.15) is 0 Å². The van der Waals surface area contributed by atoms with Crippen LogP contribution in [0, 0.1) is 0 Å². The molecule has 0 saturated heterocycles. The normalized spacial score (nSPS) is 15.2. The summed E-state index contributed by atoms with van der Waals surface area (Å²) in [6.07, 6.45) is -4.64. The molecule has 0 heterocycles. The molecule has 74 valence electrons. The first-order valence-corrected chi connectivity index (χ1v) is 4.07. The summed E-state index contributed by atoms with van der Waals surface area (Å²) in [4.78, 5) is 3.22. The van der Waals surface area contributed by atoms with Gasteiger partial charge >= 0.3 is 6.36 Å². The minimum absolute atomic E-state index is 0.0417. The lowest BCUT2D eigenvalue weighted by atomic mass is 10.5. The molecule has 0 saturated carbocycles. The number of hydroxylamine groups is 1. The predicted octanol–water partition coefficient (Wildman–Crippen LogP) is 1.29. The van der Waals surface area contributed by atoms with Gasteiger partial charge in [-0.05, 0) is 6.42 Å². The Balaban J connectivity index is 4.05. The van der Waals surface area contributed by atoms with Crippen molar-refractivity contribution in [1.82, 2.24) is 4.47 Å². The van der Waals surface area contributed by atoms with Gasteiger partial charge in [-0.15, -0.1) is 13.2 Å². The maximum Gasteiger partial charge on any atom is 0.540 e. The zero-order valence-corrected chi connectivity index (χ0v) is 6.98. The van der Waals surface area contributed by atoms with Crippen LogP contribution in [0.3, 0.4) is 0 Å². The molecule has 1 N–H and O–H groups in total. The highest BCUT2D eigenvalue weighted by atomic mass is 32.2. The lowest BCUT2D eigenvalue weighted by Crippen LogP contribution is -2.33. The van der Waals surface area contributed by atoms with Gasteiger partial charge in [-0.2, -0.15) is 4.84 Å². The zero-order chi connectivity index (χ0) is 9.78. The van der Waals surface area contributed by atoms with Crippen LogP contribution in [0.5, 0.6) is 0 Å². The zero-order valence-electron chi connectivity index (χ0n) is 6.17. The van der Waals surface area contributed by atoms with E-state index in [2.05, 4.69) is 4.84 Å². The summed E-state index contributed by atoms with van der Waals surface area (Å²) >= 11 is -2.76. The van der Waals surface area contributed by atoms with Crippen molar-refractivity contribution < 1.29 is 26.8 Å². The standard InChI is InChI=1S/C4H8F3NO3S/c1-2-3-8(12(9)10)11-4(5,6)7/h2-3H2,1H3,(H,9,10). The number of halogens is 3. The summed E-state index contributed by atoms with van der Waals surface area (Å²) in [5, 5.41) is 0. The van der Waals surface area contributed by atoms with E-state index in [0.29, 0.717) is 0 Å². The fourth-order valence-electron chi connectivity index (χ4n) is 0.454. The van der Waals surface area contributed by atoms with Crippen molar-refractivity contribution in [3.8, 4) is 0 Å². The molecule has 12 heavy (non-hydrogen) atoms. The monoisotopic (exact) mass is 207 g/mol. The number of nitrogens with zero attached hydrogens (tertiary/aromatic N) is 1. The maximum atomic E-state index is 11.5. The molecule has 4 nitrogen and oxygen atoms in total. The molecule has 0 aromatic rings. The van der Waals surface area contributed by atoms with Gasteiger partial charge in [0.15, 0.2) is 0 Å². The smallest absolute Gasteiger partial charge is 0.292 e. The van der Waals surface area contributed by atoms with Crippen LogP contribution in [0.4, 0.5) is 13.2 Å². The minimum Gasteiger partial charge on any atom is -0.292 e. The Hall–Kier alpha value is -0.180. The summed E-state index contributed by atoms with van der Waals surface area (Å²) in [7, 11) is 0. The first-order chi connectivity index (χ1) is 5.37. The molecule has 1 atom stereocenters. The van der Waals surface area contributed by atoms with Gasteiger partial charge in [-0.25, -0.2) is 4.21 Å². The molecule has 0 aliphatic rings. The highest BCUT2D eigenvalue weighted by Gasteiger charge is 2.35. The highest BCUT2D eigenvalue weighted by Crippen LogP contribution is 2.19. The number of hydrogen-bond donors (Lipinski definition) is 1. The van der Waals surface area contributed by atoms with E-state index in [9.17, 15) is 17.4 Å². The Kier molecular flexibility index (Phi) is 4.68. The van der Waals surface area contributed by atoms with Crippen LogP contribution in [0.15, 0.2) is 0 Å². The molecule has 0 aromatic carbocycles. The van der Waals surface area contributed by atoms with Crippen LogP contribution < -0.4 is 0 Å². The highest BCUT2D eigenvalue weighted by molar-refractivity contribution is 7.76. The van der Waals surface area contributed by atoms with Gasteiger partial charge < -0.3 is 0 Å². The SMILES string of the molecule is CCCN(OC(F)(F)F)S(=O)O. The van der Waals surface area contributed by atoms with Crippen molar-refractivity contribution in [1.29, 1.82) is 0 Å². The second-order valence-corrected chi connectivity index (χ2v) is 2.69. The molecular formula is C4H8F3NO3S. The average Bonchev–Trinajstić information content (AvgIpc) is 1.83. The van der Waals surface area contributed by atoms with E-state index in [-0.39, 0.29) is 17.4 Å². The van der Waals surface area contributed by atoms with Crippen LogP contribution in [0.2, 0.25) is 0 Å². The Morgan fingerprint density at radius 2 is 2.08 bits per heavy atom. The van der Waals surface area contributed by atoms with E-state index < -0.39 is 17.6 Å². The molecule has 0 aromatic heterocycles. The van der Waals surface area contributed by atoms with Gasteiger partial charge in [0.2, 0.25) is 0 Å².